The third-order valence-electron chi connectivity index (χ3n) is 3.28. The first-order valence-corrected chi connectivity index (χ1v) is 7.17. The third kappa shape index (κ3) is 5.03. The fourth-order valence-corrected chi connectivity index (χ4v) is 2.22. The van der Waals surface area contributed by atoms with E-state index in [2.05, 4.69) is 19.2 Å². The third-order valence-corrected chi connectivity index (χ3v) is 3.28. The average molecular weight is 263 g/mol. The van der Waals surface area contributed by atoms with Crippen molar-refractivity contribution in [2.24, 2.45) is 5.92 Å². The summed E-state index contributed by atoms with van der Waals surface area (Å²) in [4.78, 5) is 12.2. The first kappa shape index (κ1) is 15.7. The summed E-state index contributed by atoms with van der Waals surface area (Å²) >= 11 is 0. The Morgan fingerprint density at radius 3 is 2.42 bits per heavy atom. The molecule has 1 rings (SSSR count). The lowest BCUT2D eigenvalue weighted by atomic mass is 9.97. The van der Waals surface area contributed by atoms with Crippen LogP contribution in [0.25, 0.3) is 0 Å². The number of anilines is 1. The quantitative estimate of drug-likeness (QED) is 0.784. The van der Waals surface area contributed by atoms with Crippen LogP contribution in [0.5, 0.6) is 0 Å². The van der Waals surface area contributed by atoms with Gasteiger partial charge in [0.25, 0.3) is 0 Å². The van der Waals surface area contributed by atoms with E-state index in [9.17, 15) is 9.90 Å². The van der Waals surface area contributed by atoms with Gasteiger partial charge < -0.3 is 10.4 Å². The van der Waals surface area contributed by atoms with Gasteiger partial charge >= 0.3 is 0 Å². The molecule has 0 fully saturated rings. The second-order valence-electron chi connectivity index (χ2n) is 5.06. The van der Waals surface area contributed by atoms with Gasteiger partial charge in [-0.3, -0.25) is 4.79 Å². The number of nitrogens with one attached hydrogen (secondary N) is 1. The Bertz CT molecular complexity index is 395. The number of aliphatic hydroxyl groups is 1. The van der Waals surface area contributed by atoms with E-state index in [1.54, 1.807) is 6.92 Å². The van der Waals surface area contributed by atoms with E-state index in [0.29, 0.717) is 0 Å². The van der Waals surface area contributed by atoms with E-state index in [1.165, 1.54) is 0 Å². The molecule has 1 aromatic rings. The summed E-state index contributed by atoms with van der Waals surface area (Å²) in [7, 11) is 0. The summed E-state index contributed by atoms with van der Waals surface area (Å²) in [6.45, 7) is 5.92. The Balaban J connectivity index is 2.71. The van der Waals surface area contributed by atoms with Crippen LogP contribution < -0.4 is 5.32 Å². The molecular weight excluding hydrogens is 238 g/mol. The molecule has 0 aliphatic heterocycles. The monoisotopic (exact) mass is 263 g/mol. The summed E-state index contributed by atoms with van der Waals surface area (Å²) in [5.41, 5.74) is 1.58. The highest BCUT2D eigenvalue weighted by atomic mass is 16.3. The van der Waals surface area contributed by atoms with Crippen LogP contribution in [0.3, 0.4) is 0 Å². The molecule has 3 nitrogen and oxygen atoms in total. The molecule has 2 N–H and O–H groups in total. The predicted octanol–water partition coefficient (Wildman–Crippen LogP) is 3.89. The molecule has 0 aliphatic carbocycles. The van der Waals surface area contributed by atoms with E-state index in [1.807, 2.05) is 24.3 Å². The first-order valence-electron chi connectivity index (χ1n) is 7.17. The van der Waals surface area contributed by atoms with Crippen molar-refractivity contribution >= 4 is 11.6 Å². The molecule has 3 heteroatoms. The number of amides is 1. The lowest BCUT2D eigenvalue weighted by Gasteiger charge is -2.16. The van der Waals surface area contributed by atoms with Gasteiger partial charge in [-0.05, 0) is 37.5 Å². The highest BCUT2D eigenvalue weighted by Crippen LogP contribution is 2.20. The van der Waals surface area contributed by atoms with E-state index in [0.717, 1.165) is 36.9 Å². The maximum Gasteiger partial charge on any atom is 0.227 e. The zero-order valence-corrected chi connectivity index (χ0v) is 12.1. The van der Waals surface area contributed by atoms with E-state index in [4.69, 9.17) is 0 Å². The first-order chi connectivity index (χ1) is 9.08. The Morgan fingerprint density at radius 2 is 1.89 bits per heavy atom. The number of hydrogen-bond donors (Lipinski definition) is 2. The van der Waals surface area contributed by atoms with Gasteiger partial charge in [0.2, 0.25) is 5.91 Å². The number of aliphatic hydroxyl groups excluding tert-OH is 1. The van der Waals surface area contributed by atoms with Crippen molar-refractivity contribution in [1.29, 1.82) is 0 Å². The van der Waals surface area contributed by atoms with Crippen LogP contribution in [0.4, 0.5) is 5.69 Å². The van der Waals surface area contributed by atoms with Crippen molar-refractivity contribution in [2.75, 3.05) is 5.32 Å². The molecule has 1 unspecified atom stereocenters. The van der Waals surface area contributed by atoms with Crippen molar-refractivity contribution < 1.29 is 9.90 Å². The molecule has 0 aromatic heterocycles. The highest BCUT2D eigenvalue weighted by molar-refractivity contribution is 5.92. The van der Waals surface area contributed by atoms with E-state index in [-0.39, 0.29) is 11.8 Å². The Kier molecular flexibility index (Phi) is 6.57. The lowest BCUT2D eigenvalue weighted by Crippen LogP contribution is -2.22. The van der Waals surface area contributed by atoms with Crippen molar-refractivity contribution in [1.82, 2.24) is 0 Å². The molecule has 0 saturated heterocycles. The maximum absolute atomic E-state index is 12.2. The summed E-state index contributed by atoms with van der Waals surface area (Å²) in [6, 6.07) is 7.40. The number of hydrogen-bond acceptors (Lipinski definition) is 2. The SMILES string of the molecule is CCCC(CCC)C(=O)Nc1cccc(C(C)O)c1. The lowest BCUT2D eigenvalue weighted by molar-refractivity contribution is -0.120. The molecule has 1 aromatic carbocycles. The van der Waals surface area contributed by atoms with Gasteiger partial charge in [0.05, 0.1) is 6.10 Å². The fourth-order valence-electron chi connectivity index (χ4n) is 2.22. The molecule has 19 heavy (non-hydrogen) atoms. The van der Waals surface area contributed by atoms with Crippen molar-refractivity contribution in [3.8, 4) is 0 Å². The molecule has 0 radical (unpaired) electrons. The standard InChI is InChI=1S/C16H25NO2/c1-4-7-13(8-5-2)16(19)17-15-10-6-9-14(11-15)12(3)18/h6,9-13,18H,4-5,7-8H2,1-3H3,(H,17,19). The molecule has 1 amide bonds. The van der Waals surface area contributed by atoms with Crippen LogP contribution >= 0.6 is 0 Å². The zero-order valence-electron chi connectivity index (χ0n) is 12.1. The Hall–Kier alpha value is -1.35. The van der Waals surface area contributed by atoms with Crippen molar-refractivity contribution in [3.63, 3.8) is 0 Å². The molecular formula is C16H25NO2. The normalized spacial score (nSPS) is 12.5. The Morgan fingerprint density at radius 1 is 1.26 bits per heavy atom. The summed E-state index contributed by atoms with van der Waals surface area (Å²) in [6.07, 6.45) is 3.38. The van der Waals surface area contributed by atoms with Crippen LogP contribution in [0, 0.1) is 5.92 Å². The second-order valence-corrected chi connectivity index (χ2v) is 5.06. The van der Waals surface area contributed by atoms with Gasteiger partial charge in [-0.2, -0.15) is 0 Å². The van der Waals surface area contributed by atoms with Crippen LogP contribution in [0.1, 0.15) is 58.1 Å². The number of rotatable bonds is 7. The van der Waals surface area contributed by atoms with Crippen LogP contribution in [-0.4, -0.2) is 11.0 Å². The van der Waals surface area contributed by atoms with E-state index >= 15 is 0 Å². The summed E-state index contributed by atoms with van der Waals surface area (Å²) in [5, 5.41) is 12.5. The van der Waals surface area contributed by atoms with Gasteiger partial charge in [0.15, 0.2) is 0 Å². The minimum atomic E-state index is -0.515. The van der Waals surface area contributed by atoms with Gasteiger partial charge in [0, 0.05) is 11.6 Å². The molecule has 0 bridgehead atoms. The minimum absolute atomic E-state index is 0.0882. The molecule has 0 heterocycles. The average Bonchev–Trinajstić information content (AvgIpc) is 2.38. The van der Waals surface area contributed by atoms with Gasteiger partial charge in [-0.1, -0.05) is 38.8 Å². The zero-order chi connectivity index (χ0) is 14.3. The molecule has 0 spiro atoms. The van der Waals surface area contributed by atoms with E-state index < -0.39 is 6.10 Å². The molecule has 1 atom stereocenters. The molecule has 106 valence electrons. The number of carbonyl (C=O) groups is 1. The topological polar surface area (TPSA) is 49.3 Å². The number of carbonyl (C=O) groups excluding carboxylic acids is 1. The highest BCUT2D eigenvalue weighted by Gasteiger charge is 2.16. The minimum Gasteiger partial charge on any atom is -0.389 e. The predicted molar refractivity (Wildman–Crippen MR) is 79.0 cm³/mol. The van der Waals surface area contributed by atoms with Gasteiger partial charge in [0.1, 0.15) is 0 Å². The molecule has 0 aliphatic rings. The van der Waals surface area contributed by atoms with Gasteiger partial charge in [-0.25, -0.2) is 0 Å². The maximum atomic E-state index is 12.2. The van der Waals surface area contributed by atoms with Gasteiger partial charge in [-0.15, -0.1) is 0 Å². The molecule has 0 saturated carbocycles. The van der Waals surface area contributed by atoms with Crippen LogP contribution in [0.15, 0.2) is 24.3 Å². The van der Waals surface area contributed by atoms with Crippen molar-refractivity contribution in [2.45, 2.75) is 52.6 Å². The summed E-state index contributed by atoms with van der Waals surface area (Å²) < 4.78 is 0. The largest absolute Gasteiger partial charge is 0.389 e. The van der Waals surface area contributed by atoms with Crippen molar-refractivity contribution in [3.05, 3.63) is 29.8 Å². The Labute approximate surface area is 116 Å². The summed E-state index contributed by atoms with van der Waals surface area (Å²) in [5.74, 6) is 0.177. The van der Waals surface area contributed by atoms with Crippen LogP contribution in [-0.2, 0) is 4.79 Å². The smallest absolute Gasteiger partial charge is 0.227 e. The second kappa shape index (κ2) is 7.95. The number of benzene rings is 1. The van der Waals surface area contributed by atoms with Crippen LogP contribution in [0.2, 0.25) is 0 Å². The fraction of sp³-hybridized carbons (Fsp3) is 0.562.